The molecule has 0 heterocycles. The molecule has 5 nitrogen and oxygen atoms in total. The lowest BCUT2D eigenvalue weighted by atomic mass is 10.2. The smallest absolute Gasteiger partial charge is 0.306 e. The van der Waals surface area contributed by atoms with Crippen LogP contribution in [0.2, 0.25) is 0 Å². The maximum Gasteiger partial charge on any atom is 0.306 e. The number of nitrogens with one attached hydrogen (secondary N) is 1. The fraction of sp³-hybridized carbons (Fsp3) is 0.889. The van der Waals surface area contributed by atoms with Crippen LogP contribution in [0, 0.1) is 5.92 Å². The average molecular weight is 237 g/mol. The normalized spacial score (nSPS) is 11.7. The molecule has 0 saturated heterocycles. The summed E-state index contributed by atoms with van der Waals surface area (Å²) in [4.78, 5) is 10.7. The number of rotatable bonds is 7. The van der Waals surface area contributed by atoms with Crippen molar-refractivity contribution in [3.05, 3.63) is 0 Å². The van der Waals surface area contributed by atoms with Gasteiger partial charge < -0.3 is 4.74 Å². The van der Waals surface area contributed by atoms with Crippen LogP contribution in [0.25, 0.3) is 0 Å². The van der Waals surface area contributed by atoms with E-state index in [1.54, 1.807) is 0 Å². The Morgan fingerprint density at radius 1 is 1.40 bits per heavy atom. The van der Waals surface area contributed by atoms with E-state index in [0.29, 0.717) is 12.3 Å². The summed E-state index contributed by atoms with van der Waals surface area (Å²) in [6, 6.07) is 0. The van der Waals surface area contributed by atoms with E-state index in [1.807, 2.05) is 13.8 Å². The maximum atomic E-state index is 11.3. The summed E-state index contributed by atoms with van der Waals surface area (Å²) < 4.78 is 29.4. The van der Waals surface area contributed by atoms with Gasteiger partial charge in [0.15, 0.2) is 0 Å². The molecule has 0 spiro atoms. The Morgan fingerprint density at radius 3 is 2.47 bits per heavy atom. The Morgan fingerprint density at radius 2 is 2.00 bits per heavy atom. The Labute approximate surface area is 91.2 Å². The van der Waals surface area contributed by atoms with Crippen molar-refractivity contribution >= 4 is 16.0 Å². The maximum absolute atomic E-state index is 11.3. The van der Waals surface area contributed by atoms with Crippen LogP contribution in [0.5, 0.6) is 0 Å². The third-order valence-electron chi connectivity index (χ3n) is 1.84. The Kier molecular flexibility index (Phi) is 6.51. The highest BCUT2D eigenvalue weighted by Gasteiger charge is 2.11. The molecule has 1 N–H and O–H groups in total. The first-order chi connectivity index (χ1) is 6.87. The van der Waals surface area contributed by atoms with E-state index >= 15 is 0 Å². The molecule has 0 rings (SSSR count). The predicted octanol–water partition coefficient (Wildman–Crippen LogP) is 0.515. The standard InChI is InChI=1S/C9H19NO4S/c1-8(2)5-7-15(12,13)10-6-4-9(11)14-3/h8,10H,4-7H2,1-3H3. The highest BCUT2D eigenvalue weighted by Crippen LogP contribution is 2.01. The van der Waals surface area contributed by atoms with Crippen LogP contribution in [-0.4, -0.2) is 33.8 Å². The quantitative estimate of drug-likeness (QED) is 0.655. The Balaban J connectivity index is 3.80. The minimum Gasteiger partial charge on any atom is -0.469 e. The van der Waals surface area contributed by atoms with E-state index in [0.717, 1.165) is 0 Å². The van der Waals surface area contributed by atoms with E-state index in [9.17, 15) is 13.2 Å². The molecule has 90 valence electrons. The molecule has 6 heteroatoms. The molecule has 0 saturated carbocycles. The van der Waals surface area contributed by atoms with Crippen LogP contribution >= 0.6 is 0 Å². The second-order valence-corrected chi connectivity index (χ2v) is 5.65. The van der Waals surface area contributed by atoms with E-state index in [2.05, 4.69) is 9.46 Å². The zero-order chi connectivity index (χ0) is 11.9. The van der Waals surface area contributed by atoms with Crippen molar-refractivity contribution in [1.29, 1.82) is 0 Å². The van der Waals surface area contributed by atoms with Crippen LogP contribution < -0.4 is 4.72 Å². The third kappa shape index (κ3) is 8.38. The molecule has 0 amide bonds. The van der Waals surface area contributed by atoms with Crippen molar-refractivity contribution in [1.82, 2.24) is 4.72 Å². The second kappa shape index (κ2) is 6.79. The summed E-state index contributed by atoms with van der Waals surface area (Å²) in [5.41, 5.74) is 0. The topological polar surface area (TPSA) is 72.5 Å². The molecule has 0 atom stereocenters. The molecule has 0 aromatic rings. The van der Waals surface area contributed by atoms with E-state index in [1.165, 1.54) is 7.11 Å². The molecule has 0 bridgehead atoms. The largest absolute Gasteiger partial charge is 0.469 e. The number of methoxy groups -OCH3 is 1. The van der Waals surface area contributed by atoms with Crippen LogP contribution in [0.3, 0.4) is 0 Å². The van der Waals surface area contributed by atoms with Gasteiger partial charge in [-0.1, -0.05) is 13.8 Å². The number of hydrogen-bond donors (Lipinski definition) is 1. The van der Waals surface area contributed by atoms with Gasteiger partial charge in [0, 0.05) is 6.54 Å². The first kappa shape index (κ1) is 14.4. The van der Waals surface area contributed by atoms with Crippen molar-refractivity contribution in [2.45, 2.75) is 26.7 Å². The summed E-state index contributed by atoms with van der Waals surface area (Å²) in [6.45, 7) is 4.03. The molecule has 0 radical (unpaired) electrons. The number of carbonyl (C=O) groups is 1. The molecular formula is C9H19NO4S. The fourth-order valence-corrected chi connectivity index (χ4v) is 2.21. The van der Waals surface area contributed by atoms with Crippen LogP contribution in [-0.2, 0) is 19.6 Å². The fourth-order valence-electron chi connectivity index (χ4n) is 0.874. The zero-order valence-corrected chi connectivity index (χ0v) is 10.3. The summed E-state index contributed by atoms with van der Waals surface area (Å²) in [7, 11) is -1.96. The van der Waals surface area contributed by atoms with E-state index < -0.39 is 16.0 Å². The highest BCUT2D eigenvalue weighted by molar-refractivity contribution is 7.89. The molecule has 0 aliphatic carbocycles. The summed E-state index contributed by atoms with van der Waals surface area (Å²) in [5, 5.41) is 0. The molecule has 0 aromatic heterocycles. The number of carbonyl (C=O) groups excluding carboxylic acids is 1. The lowest BCUT2D eigenvalue weighted by Gasteiger charge is -2.07. The van der Waals surface area contributed by atoms with Crippen molar-refractivity contribution < 1.29 is 17.9 Å². The number of ether oxygens (including phenoxy) is 1. The van der Waals surface area contributed by atoms with E-state index in [4.69, 9.17) is 0 Å². The van der Waals surface area contributed by atoms with Gasteiger partial charge in [0.25, 0.3) is 0 Å². The summed E-state index contributed by atoms with van der Waals surface area (Å²) in [5.74, 6) is 0.0370. The molecular weight excluding hydrogens is 218 g/mol. The van der Waals surface area contributed by atoms with Crippen LogP contribution in [0.4, 0.5) is 0 Å². The third-order valence-corrected chi connectivity index (χ3v) is 3.26. The van der Waals surface area contributed by atoms with Gasteiger partial charge in [0.2, 0.25) is 10.0 Å². The predicted molar refractivity (Wildman–Crippen MR) is 57.9 cm³/mol. The molecule has 0 aromatic carbocycles. The number of esters is 1. The van der Waals surface area contributed by atoms with Gasteiger partial charge in [-0.05, 0) is 12.3 Å². The molecule has 0 aliphatic heterocycles. The van der Waals surface area contributed by atoms with Gasteiger partial charge in [0.05, 0.1) is 19.3 Å². The zero-order valence-electron chi connectivity index (χ0n) is 9.45. The average Bonchev–Trinajstić information content (AvgIpc) is 2.14. The lowest BCUT2D eigenvalue weighted by Crippen LogP contribution is -2.29. The van der Waals surface area contributed by atoms with Gasteiger partial charge in [-0.3, -0.25) is 4.79 Å². The summed E-state index contributed by atoms with van der Waals surface area (Å²) >= 11 is 0. The van der Waals surface area contributed by atoms with Crippen molar-refractivity contribution in [2.24, 2.45) is 5.92 Å². The van der Waals surface area contributed by atoms with E-state index in [-0.39, 0.29) is 18.7 Å². The van der Waals surface area contributed by atoms with Crippen molar-refractivity contribution in [2.75, 3.05) is 19.4 Å². The van der Waals surface area contributed by atoms with Gasteiger partial charge >= 0.3 is 5.97 Å². The minimum atomic E-state index is -3.24. The van der Waals surface area contributed by atoms with Crippen molar-refractivity contribution in [3.63, 3.8) is 0 Å². The van der Waals surface area contributed by atoms with Crippen LogP contribution in [0.1, 0.15) is 26.7 Å². The molecule has 0 unspecified atom stereocenters. The first-order valence-corrected chi connectivity index (χ1v) is 6.56. The van der Waals surface area contributed by atoms with Crippen molar-refractivity contribution in [3.8, 4) is 0 Å². The Bertz CT molecular complexity index is 284. The van der Waals surface area contributed by atoms with Gasteiger partial charge in [-0.25, -0.2) is 13.1 Å². The highest BCUT2D eigenvalue weighted by atomic mass is 32.2. The van der Waals surface area contributed by atoms with Gasteiger partial charge in [-0.2, -0.15) is 0 Å². The minimum absolute atomic E-state index is 0.0669. The Hall–Kier alpha value is -0.620. The number of sulfonamides is 1. The summed E-state index contributed by atoms with van der Waals surface area (Å²) in [6.07, 6.45) is 0.685. The van der Waals surface area contributed by atoms with Gasteiger partial charge in [-0.15, -0.1) is 0 Å². The molecule has 0 fully saturated rings. The first-order valence-electron chi connectivity index (χ1n) is 4.91. The second-order valence-electron chi connectivity index (χ2n) is 3.72. The van der Waals surface area contributed by atoms with Crippen LogP contribution in [0.15, 0.2) is 0 Å². The molecule has 0 aliphatic rings. The monoisotopic (exact) mass is 237 g/mol. The van der Waals surface area contributed by atoms with Gasteiger partial charge in [0.1, 0.15) is 0 Å². The molecule has 15 heavy (non-hydrogen) atoms. The SMILES string of the molecule is COC(=O)CCNS(=O)(=O)CCC(C)C. The number of hydrogen-bond acceptors (Lipinski definition) is 4. The lowest BCUT2D eigenvalue weighted by molar-refractivity contribution is -0.140.